The van der Waals surface area contributed by atoms with Crippen LogP contribution >= 0.6 is 11.6 Å². The van der Waals surface area contributed by atoms with Gasteiger partial charge in [-0.05, 0) is 86.7 Å². The van der Waals surface area contributed by atoms with E-state index in [4.69, 9.17) is 25.8 Å². The third-order valence-electron chi connectivity index (χ3n) is 9.89. The molecule has 0 aromatic heterocycles. The van der Waals surface area contributed by atoms with E-state index < -0.39 is 48.9 Å². The number of carbonyl (C=O) groups excluding carboxylic acids is 3. The third kappa shape index (κ3) is 10.7. The van der Waals surface area contributed by atoms with Crippen molar-refractivity contribution in [2.45, 2.75) is 71.6 Å². The van der Waals surface area contributed by atoms with Gasteiger partial charge in [-0.2, -0.15) is 0 Å². The van der Waals surface area contributed by atoms with Crippen LogP contribution in [0.4, 0.5) is 15.3 Å². The fourth-order valence-electron chi connectivity index (χ4n) is 7.12. The minimum absolute atomic E-state index is 0.0132. The van der Waals surface area contributed by atoms with Crippen molar-refractivity contribution in [2.24, 2.45) is 0 Å². The molecule has 2 atom stereocenters. The summed E-state index contributed by atoms with van der Waals surface area (Å²) in [4.78, 5) is 60.2. The van der Waals surface area contributed by atoms with Gasteiger partial charge in [0.2, 0.25) is 5.91 Å². The Bertz CT molecular complexity index is 1930. The molecule has 0 bridgehead atoms. The first-order valence-corrected chi connectivity index (χ1v) is 19.6. The number of alkyl carbamates (subject to hydrolysis) is 1. The van der Waals surface area contributed by atoms with Crippen molar-refractivity contribution in [3.8, 4) is 11.1 Å². The molecule has 1 aliphatic carbocycles. The SMILES string of the molecule is CCOC(CN(C(=O)C(C)N(C(=O)C(CN(CC1c2ccccc2-c2ccccc21)C(=O)O)NC(=O)OCc1ccccc1)c1ccc(Cl)cc1)C(C)C)OCC. The molecule has 0 heterocycles. The van der Waals surface area contributed by atoms with Crippen molar-refractivity contribution in [2.75, 3.05) is 37.7 Å². The van der Waals surface area contributed by atoms with Crippen LogP contribution in [0.5, 0.6) is 0 Å². The van der Waals surface area contributed by atoms with Gasteiger partial charge in [0.05, 0.1) is 13.1 Å². The first-order chi connectivity index (χ1) is 27.4. The van der Waals surface area contributed by atoms with E-state index in [0.29, 0.717) is 23.9 Å². The second-order valence-corrected chi connectivity index (χ2v) is 14.4. The summed E-state index contributed by atoms with van der Waals surface area (Å²) in [6.07, 6.45) is -2.93. The molecule has 12 nitrogen and oxygen atoms in total. The zero-order valence-electron chi connectivity index (χ0n) is 33.0. The first-order valence-electron chi connectivity index (χ1n) is 19.2. The van der Waals surface area contributed by atoms with E-state index in [1.165, 1.54) is 4.90 Å². The normalized spacial score (nSPS) is 13.1. The highest BCUT2D eigenvalue weighted by Gasteiger charge is 2.39. The lowest BCUT2D eigenvalue weighted by atomic mass is 9.96. The number of nitrogens with one attached hydrogen (secondary N) is 1. The van der Waals surface area contributed by atoms with Gasteiger partial charge in [0, 0.05) is 42.4 Å². The van der Waals surface area contributed by atoms with Crippen molar-refractivity contribution in [1.29, 1.82) is 0 Å². The number of carboxylic acid groups (broad SMARTS) is 1. The highest BCUT2D eigenvalue weighted by molar-refractivity contribution is 6.30. The Morgan fingerprint density at radius 2 is 1.32 bits per heavy atom. The summed E-state index contributed by atoms with van der Waals surface area (Å²) in [5.74, 6) is -1.49. The molecule has 5 rings (SSSR count). The van der Waals surface area contributed by atoms with Gasteiger partial charge in [-0.25, -0.2) is 9.59 Å². The van der Waals surface area contributed by atoms with Gasteiger partial charge >= 0.3 is 12.2 Å². The molecule has 0 saturated heterocycles. The molecule has 4 amide bonds. The van der Waals surface area contributed by atoms with E-state index in [1.54, 1.807) is 60.4 Å². The maximum Gasteiger partial charge on any atom is 0.408 e. The molecule has 0 saturated carbocycles. The highest BCUT2D eigenvalue weighted by atomic mass is 35.5. The number of hydrogen-bond acceptors (Lipinski definition) is 7. The number of benzene rings is 4. The van der Waals surface area contributed by atoms with Crippen LogP contribution < -0.4 is 10.2 Å². The average Bonchev–Trinajstić information content (AvgIpc) is 3.52. The predicted molar refractivity (Wildman–Crippen MR) is 219 cm³/mol. The van der Waals surface area contributed by atoms with Crippen LogP contribution in [0, 0.1) is 0 Å². The van der Waals surface area contributed by atoms with Crippen molar-refractivity contribution in [3.05, 3.63) is 125 Å². The quantitative estimate of drug-likeness (QED) is 0.0974. The van der Waals surface area contributed by atoms with Crippen LogP contribution in [0.3, 0.4) is 0 Å². The van der Waals surface area contributed by atoms with E-state index in [1.807, 2.05) is 82.3 Å². The second kappa shape index (κ2) is 20.1. The van der Waals surface area contributed by atoms with Crippen molar-refractivity contribution >= 4 is 41.3 Å². The number of anilines is 1. The van der Waals surface area contributed by atoms with Crippen LogP contribution in [0.15, 0.2) is 103 Å². The van der Waals surface area contributed by atoms with E-state index in [2.05, 4.69) is 5.32 Å². The standard InChI is InChI=1S/C44H51ClN4O8/c1-6-55-40(56-7-2)27-48(29(3)4)41(50)30(5)49(33-23-21-32(45)22-24-33)42(51)39(46-43(52)57-28-31-15-9-8-10-16-31)26-47(44(53)54)25-38-36-19-13-11-17-34(36)35-18-12-14-20-37(35)38/h8-24,29-30,38-40H,6-7,25-28H2,1-5H3,(H,46,52)(H,53,54). The number of carbonyl (C=O) groups is 4. The lowest BCUT2D eigenvalue weighted by Gasteiger charge is -2.38. The van der Waals surface area contributed by atoms with E-state index >= 15 is 4.79 Å². The van der Waals surface area contributed by atoms with E-state index in [9.17, 15) is 19.5 Å². The van der Waals surface area contributed by atoms with Gasteiger partial charge in [-0.15, -0.1) is 0 Å². The molecule has 4 aromatic rings. The summed E-state index contributed by atoms with van der Waals surface area (Å²) in [6, 6.07) is 28.1. The van der Waals surface area contributed by atoms with Gasteiger partial charge in [0.1, 0.15) is 18.7 Å². The summed E-state index contributed by atoms with van der Waals surface area (Å²) in [6.45, 7) is 9.22. The molecule has 13 heteroatoms. The summed E-state index contributed by atoms with van der Waals surface area (Å²) in [7, 11) is 0. The largest absolute Gasteiger partial charge is 0.465 e. The number of fused-ring (bicyclic) bond motifs is 3. The Labute approximate surface area is 339 Å². The second-order valence-electron chi connectivity index (χ2n) is 14.0. The van der Waals surface area contributed by atoms with Crippen molar-refractivity contribution in [1.82, 2.24) is 15.1 Å². The van der Waals surface area contributed by atoms with Gasteiger partial charge in [0.25, 0.3) is 5.91 Å². The maximum absolute atomic E-state index is 15.1. The molecule has 302 valence electrons. The number of amides is 4. The number of ether oxygens (including phenoxy) is 3. The van der Waals surface area contributed by atoms with Crippen LogP contribution in [-0.4, -0.2) is 96.2 Å². The van der Waals surface area contributed by atoms with Crippen LogP contribution in [-0.2, 0) is 30.4 Å². The zero-order chi connectivity index (χ0) is 41.1. The summed E-state index contributed by atoms with van der Waals surface area (Å²) in [5.41, 5.74) is 4.95. The van der Waals surface area contributed by atoms with Gasteiger partial charge in [-0.3, -0.25) is 14.5 Å². The first kappa shape index (κ1) is 42.7. The zero-order valence-corrected chi connectivity index (χ0v) is 33.7. The monoisotopic (exact) mass is 798 g/mol. The number of nitrogens with zero attached hydrogens (tertiary/aromatic N) is 3. The molecular weight excluding hydrogens is 748 g/mol. The predicted octanol–water partition coefficient (Wildman–Crippen LogP) is 7.79. The van der Waals surface area contributed by atoms with Gasteiger partial charge in [0.15, 0.2) is 6.29 Å². The number of rotatable bonds is 18. The molecule has 4 aromatic carbocycles. The van der Waals surface area contributed by atoms with Gasteiger partial charge in [-0.1, -0.05) is 90.5 Å². The summed E-state index contributed by atoms with van der Waals surface area (Å²) < 4.78 is 17.1. The molecule has 2 N–H and O–H groups in total. The molecule has 57 heavy (non-hydrogen) atoms. The molecule has 0 fully saturated rings. The topological polar surface area (TPSA) is 138 Å². The Morgan fingerprint density at radius 1 is 0.754 bits per heavy atom. The maximum atomic E-state index is 15.1. The summed E-state index contributed by atoms with van der Waals surface area (Å²) >= 11 is 6.27. The number of halogens is 1. The molecule has 0 aliphatic heterocycles. The fraction of sp³-hybridized carbons (Fsp3) is 0.364. The third-order valence-corrected chi connectivity index (χ3v) is 10.1. The molecule has 1 aliphatic rings. The Hall–Kier alpha value is -5.43. The van der Waals surface area contributed by atoms with Gasteiger partial charge < -0.3 is 34.4 Å². The lowest BCUT2D eigenvalue weighted by Crippen LogP contribution is -2.60. The van der Waals surface area contributed by atoms with Crippen LogP contribution in [0.25, 0.3) is 11.1 Å². The minimum atomic E-state index is -1.49. The fourth-order valence-corrected chi connectivity index (χ4v) is 7.25. The Balaban J connectivity index is 1.51. The number of hydrogen-bond donors (Lipinski definition) is 2. The van der Waals surface area contributed by atoms with E-state index in [-0.39, 0.29) is 31.7 Å². The van der Waals surface area contributed by atoms with Crippen molar-refractivity contribution in [3.63, 3.8) is 0 Å². The van der Waals surface area contributed by atoms with Crippen LogP contribution in [0.1, 0.15) is 57.2 Å². The van der Waals surface area contributed by atoms with Crippen molar-refractivity contribution < 1.29 is 38.5 Å². The Morgan fingerprint density at radius 3 is 1.86 bits per heavy atom. The van der Waals surface area contributed by atoms with E-state index in [0.717, 1.165) is 32.7 Å². The molecular formula is C44H51ClN4O8. The smallest absolute Gasteiger partial charge is 0.408 e. The minimum Gasteiger partial charge on any atom is -0.465 e. The van der Waals surface area contributed by atoms with Crippen LogP contribution in [0.2, 0.25) is 5.02 Å². The molecule has 0 spiro atoms. The average molecular weight is 799 g/mol. The molecule has 0 radical (unpaired) electrons. The summed E-state index contributed by atoms with van der Waals surface area (Å²) in [5, 5.41) is 13.8. The Kier molecular flexibility index (Phi) is 15.1. The lowest BCUT2D eigenvalue weighted by molar-refractivity contribution is -0.162. The highest BCUT2D eigenvalue weighted by Crippen LogP contribution is 2.44. The molecule has 2 unspecified atom stereocenters.